The minimum atomic E-state index is -0.179. The molecule has 0 radical (unpaired) electrons. The Bertz CT molecular complexity index is 7390. The van der Waals surface area contributed by atoms with Crippen molar-refractivity contribution >= 4 is 88.8 Å². The van der Waals surface area contributed by atoms with E-state index in [1.807, 2.05) is 12.1 Å². The molecule has 119 heavy (non-hydrogen) atoms. The minimum Gasteiger partial charge on any atom is -0.456 e. The van der Waals surface area contributed by atoms with Crippen LogP contribution in [-0.2, 0) is 16.2 Å². The molecule has 0 unspecified atom stereocenters. The Morgan fingerprint density at radius 2 is 0.513 bits per heavy atom. The van der Waals surface area contributed by atoms with Gasteiger partial charge in [0.1, 0.15) is 22.3 Å². The molecule has 2 heterocycles. The maximum Gasteiger partial charge on any atom is 0.143 e. The number of hydrogen-bond donors (Lipinski definition) is 0. The third-order valence-electron chi connectivity index (χ3n) is 26.0. The minimum absolute atomic E-state index is 0.114. The lowest BCUT2D eigenvalue weighted by atomic mass is 9.81. The van der Waals surface area contributed by atoms with E-state index in [-0.39, 0.29) is 16.2 Å². The summed E-state index contributed by atoms with van der Waals surface area (Å²) in [6.45, 7) is 14.2. The van der Waals surface area contributed by atoms with Crippen LogP contribution in [0.25, 0.3) is 155 Å². The number of para-hydroxylation sites is 2. The first-order chi connectivity index (χ1) is 58.2. The summed E-state index contributed by atoms with van der Waals surface area (Å²) in [7, 11) is 0. The van der Waals surface area contributed by atoms with Gasteiger partial charge in [0.15, 0.2) is 0 Å². The molecule has 0 bridgehead atoms. The average molecular weight is 1530 g/mol. The fraction of sp³-hybridized carbons (Fsp3) is 0.0783. The Labute approximate surface area is 694 Å². The van der Waals surface area contributed by atoms with Crippen molar-refractivity contribution in [1.29, 1.82) is 0 Å². The molecule has 566 valence electrons. The SMILES string of the molecule is CC1(C)c2cc(-c3ccccc3)ccc2-c2ccc(N(c3ccc(-c4ccc(-c5ccccc5)cc4)cc3)c3ccc(-c4cccc5c4oc4ccccc45)cc3)cc21.CC1(C)c2ccccc2-c2ccc(N(c3ccc(-c4ccc5oc6ccc7ccccc7c6c5c4)cc3)c3ccc4c(c3)C(C)(C)c3cc(-c5ccccc5)ccc3-4)cc21. The lowest BCUT2D eigenvalue weighted by molar-refractivity contribution is 0.660. The van der Waals surface area contributed by atoms with E-state index in [1.165, 1.54) is 139 Å². The van der Waals surface area contributed by atoms with Gasteiger partial charge in [-0.2, -0.15) is 0 Å². The number of anilines is 6. The van der Waals surface area contributed by atoms with Crippen molar-refractivity contribution in [2.75, 3.05) is 9.80 Å². The van der Waals surface area contributed by atoms with Crippen LogP contribution in [-0.4, -0.2) is 0 Å². The van der Waals surface area contributed by atoms with E-state index >= 15 is 0 Å². The zero-order valence-electron chi connectivity index (χ0n) is 67.3. The highest BCUT2D eigenvalue weighted by molar-refractivity contribution is 6.19. The molecule has 0 saturated carbocycles. The van der Waals surface area contributed by atoms with Gasteiger partial charge in [-0.25, -0.2) is 0 Å². The van der Waals surface area contributed by atoms with Gasteiger partial charge in [-0.1, -0.05) is 333 Å². The second-order valence-electron chi connectivity index (χ2n) is 33.9. The second kappa shape index (κ2) is 27.8. The standard InChI is InChI=1S/C58H43NO.C57H41NO/c1-57(2)50-17-11-10-16-45(50)47-28-25-42(34-52(47)57)59(43-26-29-48-46-27-20-40(36-12-6-5-7-13-36)33-51(46)58(3,4)53(48)35-43)41-23-18-37(19-24-41)39-22-30-54-49(32-39)56-44-15-9-8-14-38(44)21-31-55(56)60-54;1-57(2)53-36-44(39-14-7-4-8-15-39)28-34-49(53)50-35-33-47(37-54(50)57)58(45-29-24-42(25-30-45)41-22-20-40(21-23-41)38-12-5-3-6-13-38)46-31-26-43(27-32-46)48-17-11-18-52-51-16-9-10-19-55(51)59-56(48)52/h5-35H,1-4H3;3-37H,1-2H3. The highest BCUT2D eigenvalue weighted by Gasteiger charge is 2.40. The molecule has 3 aliphatic rings. The maximum absolute atomic E-state index is 6.44. The normalized spacial score (nSPS) is 13.5. The van der Waals surface area contributed by atoms with Gasteiger partial charge < -0.3 is 18.6 Å². The van der Waals surface area contributed by atoms with Gasteiger partial charge in [-0.15, -0.1) is 0 Å². The molecule has 20 aromatic rings. The van der Waals surface area contributed by atoms with Crippen LogP contribution in [0.3, 0.4) is 0 Å². The molecule has 0 saturated heterocycles. The van der Waals surface area contributed by atoms with E-state index in [2.05, 4.69) is 440 Å². The Morgan fingerprint density at radius 1 is 0.185 bits per heavy atom. The molecule has 0 amide bonds. The Morgan fingerprint density at radius 3 is 1.04 bits per heavy atom. The summed E-state index contributed by atoms with van der Waals surface area (Å²) in [6.07, 6.45) is 0. The molecule has 23 rings (SSSR count). The first kappa shape index (κ1) is 71.0. The number of nitrogens with zero attached hydrogens (tertiary/aromatic N) is 2. The highest BCUT2D eigenvalue weighted by atomic mass is 16.3. The summed E-state index contributed by atoms with van der Waals surface area (Å²) in [5, 5.41) is 7.03. The van der Waals surface area contributed by atoms with Gasteiger partial charge in [-0.05, 0) is 248 Å². The fourth-order valence-electron chi connectivity index (χ4n) is 19.7. The van der Waals surface area contributed by atoms with Crippen molar-refractivity contribution in [3.63, 3.8) is 0 Å². The summed E-state index contributed by atoms with van der Waals surface area (Å²) >= 11 is 0. The number of benzene rings is 18. The van der Waals surface area contributed by atoms with E-state index in [0.29, 0.717) is 0 Å². The first-order valence-corrected chi connectivity index (χ1v) is 41.5. The third-order valence-corrected chi connectivity index (χ3v) is 26.0. The summed E-state index contributed by atoms with van der Waals surface area (Å²) in [5.74, 6) is 0. The topological polar surface area (TPSA) is 32.8 Å². The monoisotopic (exact) mass is 1520 g/mol. The van der Waals surface area contributed by atoms with Crippen LogP contribution < -0.4 is 9.80 Å². The predicted molar refractivity (Wildman–Crippen MR) is 500 cm³/mol. The number of fused-ring (bicyclic) bond motifs is 17. The molecule has 0 atom stereocenters. The summed E-state index contributed by atoms with van der Waals surface area (Å²) in [6, 6.07) is 146. The zero-order valence-corrected chi connectivity index (χ0v) is 67.3. The average Bonchev–Trinajstić information content (AvgIpc) is 2.10. The lowest BCUT2D eigenvalue weighted by Crippen LogP contribution is -2.18. The quantitative estimate of drug-likeness (QED) is 0.122. The van der Waals surface area contributed by atoms with Crippen LogP contribution in [0.15, 0.2) is 409 Å². The van der Waals surface area contributed by atoms with E-state index in [1.54, 1.807) is 0 Å². The molecule has 3 aliphatic carbocycles. The van der Waals surface area contributed by atoms with Gasteiger partial charge in [0, 0.05) is 77.5 Å². The van der Waals surface area contributed by atoms with Gasteiger partial charge in [0.25, 0.3) is 0 Å². The number of hydrogen-bond acceptors (Lipinski definition) is 4. The van der Waals surface area contributed by atoms with Crippen molar-refractivity contribution in [3.05, 3.63) is 434 Å². The zero-order chi connectivity index (χ0) is 79.8. The molecule has 18 aromatic carbocycles. The van der Waals surface area contributed by atoms with Crippen molar-refractivity contribution in [2.45, 2.75) is 57.8 Å². The summed E-state index contributed by atoms with van der Waals surface area (Å²) < 4.78 is 12.8. The van der Waals surface area contributed by atoms with E-state index in [9.17, 15) is 0 Å². The Kier molecular flexibility index (Phi) is 16.6. The lowest BCUT2D eigenvalue weighted by Gasteiger charge is -2.30. The van der Waals surface area contributed by atoms with Gasteiger partial charge in [0.05, 0.1) is 0 Å². The molecule has 2 aromatic heterocycles. The van der Waals surface area contributed by atoms with Crippen LogP contribution in [0.1, 0.15) is 74.9 Å². The van der Waals surface area contributed by atoms with Gasteiger partial charge in [-0.3, -0.25) is 0 Å². The van der Waals surface area contributed by atoms with Crippen molar-refractivity contribution in [1.82, 2.24) is 0 Å². The van der Waals surface area contributed by atoms with Crippen LogP contribution in [0, 0.1) is 0 Å². The first-order valence-electron chi connectivity index (χ1n) is 41.5. The molecule has 0 N–H and O–H groups in total. The summed E-state index contributed by atoms with van der Waals surface area (Å²) in [5.41, 5.74) is 40.4. The Hall–Kier alpha value is -14.6. The van der Waals surface area contributed by atoms with Gasteiger partial charge >= 0.3 is 0 Å². The van der Waals surface area contributed by atoms with Crippen molar-refractivity contribution in [3.8, 4) is 100 Å². The summed E-state index contributed by atoms with van der Waals surface area (Å²) in [4.78, 5) is 4.85. The molecule has 0 fully saturated rings. The molecule has 0 spiro atoms. The predicted octanol–water partition coefficient (Wildman–Crippen LogP) is 32.2. The number of furan rings is 2. The van der Waals surface area contributed by atoms with E-state index < -0.39 is 0 Å². The second-order valence-corrected chi connectivity index (χ2v) is 33.9. The van der Waals surface area contributed by atoms with Crippen molar-refractivity contribution in [2.24, 2.45) is 0 Å². The molecular formula is C115H84N2O2. The van der Waals surface area contributed by atoms with Crippen LogP contribution in [0.4, 0.5) is 34.1 Å². The highest BCUT2D eigenvalue weighted by Crippen LogP contribution is 2.56. The largest absolute Gasteiger partial charge is 0.456 e. The van der Waals surface area contributed by atoms with Gasteiger partial charge in [0.2, 0.25) is 0 Å². The maximum atomic E-state index is 6.44. The third kappa shape index (κ3) is 11.9. The smallest absolute Gasteiger partial charge is 0.143 e. The molecular weight excluding hydrogens is 1440 g/mol. The van der Waals surface area contributed by atoms with Crippen LogP contribution in [0.2, 0.25) is 0 Å². The molecule has 0 aliphatic heterocycles. The van der Waals surface area contributed by atoms with E-state index in [4.69, 9.17) is 8.83 Å². The van der Waals surface area contributed by atoms with Crippen LogP contribution in [0.5, 0.6) is 0 Å². The van der Waals surface area contributed by atoms with Crippen molar-refractivity contribution < 1.29 is 8.83 Å². The fourth-order valence-corrected chi connectivity index (χ4v) is 19.7. The molecule has 4 heteroatoms. The van der Waals surface area contributed by atoms with E-state index in [0.717, 1.165) is 83.7 Å². The number of rotatable bonds is 12. The Balaban J connectivity index is 0.000000143. The van der Waals surface area contributed by atoms with Crippen LogP contribution >= 0.6 is 0 Å². The molecule has 4 nitrogen and oxygen atoms in total.